The first-order valence-corrected chi connectivity index (χ1v) is 11.0. The first-order chi connectivity index (χ1) is 12.3. The molecule has 2 aromatic heterocycles. The van der Waals surface area contributed by atoms with E-state index >= 15 is 0 Å². The first-order valence-electron chi connectivity index (χ1n) is 9.21. The Morgan fingerprint density at radius 1 is 0.852 bits per heavy atom. The summed E-state index contributed by atoms with van der Waals surface area (Å²) in [4.78, 5) is 2.64. The van der Waals surface area contributed by atoms with E-state index in [0.717, 1.165) is 0 Å². The smallest absolute Gasteiger partial charge is 0.167 e. The molecule has 0 radical (unpaired) electrons. The van der Waals surface area contributed by atoms with Crippen molar-refractivity contribution in [2.24, 2.45) is 0 Å². The summed E-state index contributed by atoms with van der Waals surface area (Å²) in [6.07, 6.45) is -1.54. The van der Waals surface area contributed by atoms with Crippen molar-refractivity contribution >= 4 is 40.3 Å². The Balaban J connectivity index is 2.44. The van der Waals surface area contributed by atoms with Crippen molar-refractivity contribution in [1.82, 2.24) is 0 Å². The highest BCUT2D eigenvalue weighted by atomic mass is 32.1. The van der Waals surface area contributed by atoms with Gasteiger partial charge in [0, 0.05) is 15.8 Å². The second-order valence-electron chi connectivity index (χ2n) is 8.98. The van der Waals surface area contributed by atoms with Gasteiger partial charge in [-0.05, 0) is 28.0 Å². The van der Waals surface area contributed by atoms with Crippen LogP contribution in [-0.4, -0.2) is 12.9 Å². The highest BCUT2D eigenvalue weighted by Gasteiger charge is 2.32. The van der Waals surface area contributed by atoms with Gasteiger partial charge in [-0.15, -0.1) is 22.7 Å². The van der Waals surface area contributed by atoms with Crippen LogP contribution in [-0.2, 0) is 10.8 Å². The van der Waals surface area contributed by atoms with Crippen molar-refractivity contribution < 1.29 is 13.2 Å². The molecule has 0 fully saturated rings. The normalized spacial score (nSPS) is 13.5. The summed E-state index contributed by atoms with van der Waals surface area (Å²) in [5.41, 5.74) is 2.55. The second-order valence-corrected chi connectivity index (χ2v) is 10.8. The van der Waals surface area contributed by atoms with Crippen LogP contribution in [0.2, 0.25) is 6.32 Å². The predicted octanol–water partition coefficient (Wildman–Crippen LogP) is 6.52. The van der Waals surface area contributed by atoms with Gasteiger partial charge in [0.15, 0.2) is 0 Å². The summed E-state index contributed by atoms with van der Waals surface area (Å²) >= 11 is 3.49. The summed E-state index contributed by atoms with van der Waals surface area (Å²) in [6, 6.07) is 4.32. The lowest BCUT2D eigenvalue weighted by molar-refractivity contribution is -0.0800. The Bertz CT molecular complexity index is 718. The number of alkyl halides is 3. The summed E-state index contributed by atoms with van der Waals surface area (Å²) in [5.74, 6) is 0. The van der Waals surface area contributed by atoms with Crippen LogP contribution < -0.4 is 10.9 Å². The average molecular weight is 412 g/mol. The zero-order valence-corrected chi connectivity index (χ0v) is 18.5. The maximum atomic E-state index is 12.5. The van der Waals surface area contributed by atoms with Gasteiger partial charge in [-0.2, -0.15) is 13.2 Å². The standard InChI is InChI=1S/C21H28BF3S2/c1-19(2,3)17-15(9-13-26-17)22(12-8-7-11-21(23,24)25)16-10-14-27-18(16)20(4,5)6/h7,9-11,13-14H,8,12H2,1-6H3. The molecule has 2 heterocycles. The van der Waals surface area contributed by atoms with Gasteiger partial charge in [0.2, 0.25) is 6.71 Å². The van der Waals surface area contributed by atoms with Gasteiger partial charge in [0.1, 0.15) is 0 Å². The lowest BCUT2D eigenvalue weighted by atomic mass is 9.37. The predicted molar refractivity (Wildman–Crippen MR) is 116 cm³/mol. The third kappa shape index (κ3) is 5.98. The van der Waals surface area contributed by atoms with Crippen molar-refractivity contribution in [1.29, 1.82) is 0 Å². The van der Waals surface area contributed by atoms with E-state index < -0.39 is 6.18 Å². The monoisotopic (exact) mass is 412 g/mol. The molecule has 0 amide bonds. The maximum Gasteiger partial charge on any atom is 0.409 e. The van der Waals surface area contributed by atoms with E-state index in [2.05, 4.69) is 64.4 Å². The van der Waals surface area contributed by atoms with Crippen molar-refractivity contribution in [2.45, 2.75) is 71.3 Å². The molecule has 0 nitrogen and oxygen atoms in total. The minimum atomic E-state index is -4.24. The number of allylic oxidation sites excluding steroid dienone is 2. The largest absolute Gasteiger partial charge is 0.409 e. The van der Waals surface area contributed by atoms with Crippen LogP contribution in [0.1, 0.15) is 57.7 Å². The highest BCUT2D eigenvalue weighted by Crippen LogP contribution is 2.29. The third-order valence-electron chi connectivity index (χ3n) is 4.43. The molecular weight excluding hydrogens is 384 g/mol. The molecule has 0 unspecified atom stereocenters. The highest BCUT2D eigenvalue weighted by molar-refractivity contribution is 7.14. The second kappa shape index (κ2) is 8.16. The molecule has 0 aliphatic heterocycles. The quantitative estimate of drug-likeness (QED) is 0.387. The van der Waals surface area contributed by atoms with Gasteiger partial charge in [0.05, 0.1) is 0 Å². The van der Waals surface area contributed by atoms with Crippen molar-refractivity contribution in [2.75, 3.05) is 0 Å². The van der Waals surface area contributed by atoms with Crippen LogP contribution in [0.3, 0.4) is 0 Å². The van der Waals surface area contributed by atoms with Crippen LogP contribution in [0.4, 0.5) is 13.2 Å². The number of hydrogen-bond acceptors (Lipinski definition) is 2. The molecule has 0 bridgehead atoms. The van der Waals surface area contributed by atoms with Gasteiger partial charge in [-0.25, -0.2) is 0 Å². The topological polar surface area (TPSA) is 0 Å². The number of thiophene rings is 2. The molecule has 0 aliphatic rings. The summed E-state index contributed by atoms with van der Waals surface area (Å²) in [5, 5.41) is 4.22. The summed E-state index contributed by atoms with van der Waals surface area (Å²) in [6.45, 7) is 13.3. The van der Waals surface area contributed by atoms with Crippen LogP contribution in [0, 0.1) is 0 Å². The Morgan fingerprint density at radius 3 is 1.67 bits per heavy atom. The van der Waals surface area contributed by atoms with Crippen molar-refractivity contribution in [3.63, 3.8) is 0 Å². The van der Waals surface area contributed by atoms with E-state index in [1.807, 2.05) is 0 Å². The Labute approximate surface area is 169 Å². The molecule has 2 rings (SSSR count). The van der Waals surface area contributed by atoms with Crippen LogP contribution >= 0.6 is 22.7 Å². The van der Waals surface area contributed by atoms with Crippen molar-refractivity contribution in [3.05, 3.63) is 44.8 Å². The van der Waals surface area contributed by atoms with Gasteiger partial charge >= 0.3 is 6.18 Å². The summed E-state index contributed by atoms with van der Waals surface area (Å²) in [7, 11) is 0. The van der Waals surface area contributed by atoms with Gasteiger partial charge < -0.3 is 0 Å². The van der Waals surface area contributed by atoms with Crippen LogP contribution in [0.5, 0.6) is 0 Å². The fourth-order valence-electron chi connectivity index (χ4n) is 3.36. The molecule has 2 aromatic rings. The minimum Gasteiger partial charge on any atom is -0.167 e. The number of halogens is 3. The average Bonchev–Trinajstić information content (AvgIpc) is 3.13. The first kappa shape index (κ1) is 22.3. The SMILES string of the molecule is CC(C)(C)c1sccc1B(CCC=CC(F)(F)F)c1ccsc1C(C)(C)C. The molecule has 0 saturated carbocycles. The van der Waals surface area contributed by atoms with E-state index in [-0.39, 0.29) is 17.5 Å². The molecule has 0 spiro atoms. The lowest BCUT2D eigenvalue weighted by Gasteiger charge is -2.26. The molecule has 0 saturated heterocycles. The molecule has 0 aliphatic carbocycles. The van der Waals surface area contributed by atoms with E-state index in [9.17, 15) is 13.2 Å². The molecule has 0 aromatic carbocycles. The molecular formula is C21H28BF3S2. The number of rotatable bonds is 5. The van der Waals surface area contributed by atoms with E-state index in [0.29, 0.717) is 18.8 Å². The number of hydrogen-bond donors (Lipinski definition) is 0. The molecule has 148 valence electrons. The Morgan fingerprint density at radius 2 is 1.30 bits per heavy atom. The minimum absolute atomic E-state index is 0.0154. The summed E-state index contributed by atoms with van der Waals surface area (Å²) < 4.78 is 37.5. The molecule has 6 heteroatoms. The van der Waals surface area contributed by atoms with Gasteiger partial charge in [0.25, 0.3) is 0 Å². The molecule has 0 atom stereocenters. The fourth-order valence-corrected chi connectivity index (χ4v) is 5.47. The zero-order valence-electron chi connectivity index (χ0n) is 16.9. The van der Waals surface area contributed by atoms with Crippen molar-refractivity contribution in [3.8, 4) is 0 Å². The van der Waals surface area contributed by atoms with Crippen LogP contribution in [0.25, 0.3) is 0 Å². The zero-order chi connectivity index (χ0) is 20.5. The Hall–Kier alpha value is -1.01. The van der Waals surface area contributed by atoms with Gasteiger partial charge in [-0.1, -0.05) is 77.0 Å². The fraction of sp³-hybridized carbons (Fsp3) is 0.524. The van der Waals surface area contributed by atoms with E-state index in [1.54, 1.807) is 22.7 Å². The van der Waals surface area contributed by atoms with E-state index in [4.69, 9.17) is 0 Å². The van der Waals surface area contributed by atoms with E-state index in [1.165, 1.54) is 26.8 Å². The maximum absolute atomic E-state index is 12.5. The molecule has 27 heavy (non-hydrogen) atoms. The van der Waals surface area contributed by atoms with Gasteiger partial charge in [-0.3, -0.25) is 0 Å². The van der Waals surface area contributed by atoms with Crippen LogP contribution in [0.15, 0.2) is 35.0 Å². The third-order valence-corrected chi connectivity index (χ3v) is 7.15. The Kier molecular flexibility index (Phi) is 6.74. The lowest BCUT2D eigenvalue weighted by Crippen LogP contribution is -2.46. The molecule has 0 N–H and O–H groups in total.